The first-order chi connectivity index (χ1) is 25.8. The molecule has 0 radical (unpaired) electrons. The quantitative estimate of drug-likeness (QED) is 0.172. The van der Waals surface area contributed by atoms with E-state index in [2.05, 4.69) is 175 Å². The first-order valence-corrected chi connectivity index (χ1v) is 18.6. The predicted molar refractivity (Wildman–Crippen MR) is 223 cm³/mol. The van der Waals surface area contributed by atoms with Gasteiger partial charge in [-0.15, -0.1) is 11.3 Å². The van der Waals surface area contributed by atoms with Crippen molar-refractivity contribution in [2.24, 2.45) is 0 Å². The molecule has 10 aromatic rings. The molecule has 0 saturated heterocycles. The Kier molecular flexibility index (Phi) is 6.55. The third-order valence-corrected chi connectivity index (χ3v) is 12.0. The van der Waals surface area contributed by atoms with Gasteiger partial charge in [-0.25, -0.2) is 0 Å². The van der Waals surface area contributed by atoms with E-state index in [-0.39, 0.29) is 6.85 Å². The fourth-order valence-corrected chi connectivity index (χ4v) is 9.62. The molecular formula is C48H30BNOS. The monoisotopic (exact) mass is 679 g/mol. The molecule has 4 heteroatoms. The lowest BCUT2D eigenvalue weighted by Crippen LogP contribution is -2.57. The topological polar surface area (TPSA) is 16.4 Å². The highest BCUT2D eigenvalue weighted by molar-refractivity contribution is 7.26. The molecule has 0 fully saturated rings. The molecule has 52 heavy (non-hydrogen) atoms. The van der Waals surface area contributed by atoms with Crippen LogP contribution in [0.25, 0.3) is 75.5 Å². The van der Waals surface area contributed by atoms with Crippen molar-refractivity contribution in [3.05, 3.63) is 182 Å². The third-order valence-electron chi connectivity index (χ3n) is 10.8. The molecule has 2 nitrogen and oxygen atoms in total. The van der Waals surface area contributed by atoms with Crippen molar-refractivity contribution < 1.29 is 4.42 Å². The lowest BCUT2D eigenvalue weighted by molar-refractivity contribution is 0.670. The lowest BCUT2D eigenvalue weighted by atomic mass is 9.45. The largest absolute Gasteiger partial charge is 0.455 e. The molecule has 2 aromatic heterocycles. The van der Waals surface area contributed by atoms with E-state index in [1.165, 1.54) is 59.0 Å². The minimum Gasteiger partial charge on any atom is -0.455 e. The van der Waals surface area contributed by atoms with Crippen molar-refractivity contribution in [1.29, 1.82) is 0 Å². The molecule has 0 aliphatic carbocycles. The van der Waals surface area contributed by atoms with E-state index >= 15 is 0 Å². The number of para-hydroxylation sites is 3. The van der Waals surface area contributed by atoms with E-state index in [1.54, 1.807) is 0 Å². The molecule has 0 spiro atoms. The molecule has 0 unspecified atom stereocenters. The van der Waals surface area contributed by atoms with Crippen LogP contribution in [0.2, 0.25) is 0 Å². The summed E-state index contributed by atoms with van der Waals surface area (Å²) in [5.41, 5.74) is 14.0. The molecule has 0 amide bonds. The molecule has 0 atom stereocenters. The molecule has 1 aliphatic heterocycles. The summed E-state index contributed by atoms with van der Waals surface area (Å²) in [6.07, 6.45) is 0. The van der Waals surface area contributed by atoms with Gasteiger partial charge in [-0.05, 0) is 58.0 Å². The van der Waals surface area contributed by atoms with Gasteiger partial charge in [-0.3, -0.25) is 0 Å². The van der Waals surface area contributed by atoms with Crippen molar-refractivity contribution in [3.8, 4) is 33.4 Å². The van der Waals surface area contributed by atoms with E-state index in [9.17, 15) is 0 Å². The maximum absolute atomic E-state index is 6.42. The average molecular weight is 680 g/mol. The van der Waals surface area contributed by atoms with E-state index in [4.69, 9.17) is 4.42 Å². The van der Waals surface area contributed by atoms with E-state index in [1.807, 2.05) is 23.5 Å². The van der Waals surface area contributed by atoms with Crippen molar-refractivity contribution in [2.45, 2.75) is 0 Å². The Balaban J connectivity index is 1.04. The molecule has 0 N–H and O–H groups in total. The SMILES string of the molecule is c1ccc2c(c1)B(c1ccc(-c3cccc4c3oc3ccccc34)cc1)N(c1ccc(-c3cccc4c3sc3ccccc34)cc1)c1ccccc1-2. The number of nitrogens with zero attached hydrogens (tertiary/aromatic N) is 1. The van der Waals surface area contributed by atoms with E-state index < -0.39 is 0 Å². The predicted octanol–water partition coefficient (Wildman–Crippen LogP) is 12.2. The smallest absolute Gasteiger partial charge is 0.328 e. The van der Waals surface area contributed by atoms with Gasteiger partial charge in [-0.2, -0.15) is 0 Å². The Hall–Kier alpha value is -6.36. The van der Waals surface area contributed by atoms with Gasteiger partial charge in [-0.1, -0.05) is 157 Å². The Labute approximate surface area is 305 Å². The molecule has 242 valence electrons. The minimum absolute atomic E-state index is 0.0148. The van der Waals surface area contributed by atoms with Crippen LogP contribution in [0.5, 0.6) is 0 Å². The number of anilines is 2. The summed E-state index contributed by atoms with van der Waals surface area (Å²) in [6.45, 7) is -0.0148. The number of benzene rings is 8. The second-order valence-electron chi connectivity index (χ2n) is 13.6. The highest BCUT2D eigenvalue weighted by Gasteiger charge is 2.36. The number of hydrogen-bond donors (Lipinski definition) is 0. The Morgan fingerprint density at radius 3 is 1.92 bits per heavy atom. The molecule has 0 bridgehead atoms. The first-order valence-electron chi connectivity index (χ1n) is 17.8. The van der Waals surface area contributed by atoms with Gasteiger partial charge in [0.1, 0.15) is 11.2 Å². The van der Waals surface area contributed by atoms with E-state index in [0.717, 1.165) is 38.8 Å². The zero-order chi connectivity index (χ0) is 34.2. The van der Waals surface area contributed by atoms with Gasteiger partial charge in [0.25, 0.3) is 0 Å². The van der Waals surface area contributed by atoms with Crippen LogP contribution < -0.4 is 15.7 Å². The maximum Gasteiger partial charge on any atom is 0.328 e. The Bertz CT molecular complexity index is 2770. The first kappa shape index (κ1) is 29.4. The van der Waals surface area contributed by atoms with Gasteiger partial charge < -0.3 is 9.23 Å². The number of furan rings is 1. The van der Waals surface area contributed by atoms with Gasteiger partial charge in [0.05, 0.1) is 0 Å². The van der Waals surface area contributed by atoms with Crippen LogP contribution in [0, 0.1) is 0 Å². The summed E-state index contributed by atoms with van der Waals surface area (Å²) in [7, 11) is 0. The number of fused-ring (bicyclic) bond motifs is 9. The highest BCUT2D eigenvalue weighted by atomic mass is 32.1. The minimum atomic E-state index is -0.0148. The van der Waals surface area contributed by atoms with Gasteiger partial charge >= 0.3 is 6.85 Å². The fourth-order valence-electron chi connectivity index (χ4n) is 8.38. The van der Waals surface area contributed by atoms with Gasteiger partial charge in [0, 0.05) is 53.4 Å². The summed E-state index contributed by atoms with van der Waals surface area (Å²) >= 11 is 1.88. The van der Waals surface area contributed by atoms with Crippen molar-refractivity contribution in [1.82, 2.24) is 0 Å². The number of thiophene rings is 1. The van der Waals surface area contributed by atoms with Crippen LogP contribution in [-0.4, -0.2) is 6.85 Å². The third kappa shape index (κ3) is 4.44. The zero-order valence-electron chi connectivity index (χ0n) is 28.2. The summed E-state index contributed by atoms with van der Waals surface area (Å²) in [5, 5.41) is 4.94. The summed E-state index contributed by atoms with van der Waals surface area (Å²) in [4.78, 5) is 2.52. The normalized spacial score (nSPS) is 12.5. The number of rotatable bonds is 4. The van der Waals surface area contributed by atoms with Crippen molar-refractivity contribution in [2.75, 3.05) is 4.81 Å². The average Bonchev–Trinajstić information content (AvgIpc) is 3.79. The second kappa shape index (κ2) is 11.6. The zero-order valence-corrected chi connectivity index (χ0v) is 29.0. The molecule has 3 heterocycles. The van der Waals surface area contributed by atoms with Crippen LogP contribution in [0.4, 0.5) is 11.4 Å². The summed E-state index contributed by atoms with van der Waals surface area (Å²) in [5.74, 6) is 0. The molecule has 8 aromatic carbocycles. The fraction of sp³-hybridized carbons (Fsp3) is 0. The van der Waals surface area contributed by atoms with Crippen LogP contribution in [-0.2, 0) is 0 Å². The lowest BCUT2D eigenvalue weighted by Gasteiger charge is -2.39. The van der Waals surface area contributed by atoms with Crippen LogP contribution in [0.15, 0.2) is 186 Å². The van der Waals surface area contributed by atoms with Crippen molar-refractivity contribution in [3.63, 3.8) is 0 Å². The summed E-state index contributed by atoms with van der Waals surface area (Å²) < 4.78 is 9.08. The second-order valence-corrected chi connectivity index (χ2v) is 14.7. The van der Waals surface area contributed by atoms with E-state index in [0.29, 0.717) is 0 Å². The summed E-state index contributed by atoms with van der Waals surface area (Å²) in [6, 6.07) is 66.2. The molecule has 11 rings (SSSR count). The standard InChI is InChI=1S/C48H30BNOS/c1-5-19-43-37(11-1)38-12-2-6-20-44(38)50(34-29-25-32(26-30-34)36-16-10-18-42-40-14-4-8-22-46(40)52-48(36)42)49(43)33-27-23-31(24-28-33)35-15-9-17-41-39-13-3-7-21-45(39)51-47(35)41/h1-30H. The van der Waals surface area contributed by atoms with Crippen LogP contribution >= 0.6 is 11.3 Å². The molecular weight excluding hydrogens is 649 g/mol. The van der Waals surface area contributed by atoms with Crippen LogP contribution in [0.3, 0.4) is 0 Å². The molecule has 1 aliphatic rings. The van der Waals surface area contributed by atoms with Crippen LogP contribution in [0.1, 0.15) is 0 Å². The van der Waals surface area contributed by atoms with Crippen molar-refractivity contribution >= 4 is 82.6 Å². The Morgan fingerprint density at radius 1 is 0.442 bits per heavy atom. The van der Waals surface area contributed by atoms with Gasteiger partial charge in [0.2, 0.25) is 0 Å². The number of hydrogen-bond acceptors (Lipinski definition) is 3. The van der Waals surface area contributed by atoms with Gasteiger partial charge in [0.15, 0.2) is 0 Å². The maximum atomic E-state index is 6.42. The highest BCUT2D eigenvalue weighted by Crippen LogP contribution is 2.43. The Morgan fingerprint density at radius 2 is 1.06 bits per heavy atom. The molecule has 0 saturated carbocycles.